The monoisotopic (exact) mass is 196 g/mol. The summed E-state index contributed by atoms with van der Waals surface area (Å²) in [4.78, 5) is 10.6. The molecule has 0 saturated carbocycles. The Morgan fingerprint density at radius 1 is 1.64 bits per heavy atom. The van der Waals surface area contributed by atoms with Crippen LogP contribution in [0.5, 0.6) is 0 Å². The average molecular weight is 197 g/mol. The van der Waals surface area contributed by atoms with Crippen LogP contribution in [0.4, 0.5) is 0 Å². The normalized spacial score (nSPS) is 8.91. The molecule has 0 rings (SSSR count). The lowest BCUT2D eigenvalue weighted by Gasteiger charge is -1.98. The molecule has 0 bridgehead atoms. The van der Waals surface area contributed by atoms with E-state index in [1.165, 1.54) is 0 Å². The second kappa shape index (κ2) is 6.37. The first-order valence-electron chi connectivity index (χ1n) is 3.21. The quantitative estimate of drug-likeness (QED) is 0.291. The van der Waals surface area contributed by atoms with Crippen molar-refractivity contribution in [1.29, 1.82) is 0 Å². The van der Waals surface area contributed by atoms with Gasteiger partial charge in [0.1, 0.15) is 11.3 Å². The fraction of sp³-hybridized carbons (Fsp3) is 0.667. The van der Waals surface area contributed by atoms with Crippen LogP contribution in [0.2, 0.25) is 0 Å². The zero-order valence-corrected chi connectivity index (χ0v) is 7.70. The summed E-state index contributed by atoms with van der Waals surface area (Å²) >= 11 is 5.14. The third kappa shape index (κ3) is 4.98. The first kappa shape index (κ1) is 10.7. The van der Waals surface area contributed by atoms with Crippen LogP contribution in [0.25, 0.3) is 0 Å². The lowest BCUT2D eigenvalue weighted by molar-refractivity contribution is -0.135. The van der Waals surface area contributed by atoms with E-state index in [0.29, 0.717) is 6.61 Å². The van der Waals surface area contributed by atoms with Gasteiger partial charge in [-0.25, -0.2) is 9.00 Å². The van der Waals surface area contributed by atoms with Crippen molar-refractivity contribution in [1.82, 2.24) is 0 Å². The van der Waals surface area contributed by atoms with Crippen LogP contribution >= 0.6 is 11.6 Å². The molecule has 11 heavy (non-hydrogen) atoms. The molecule has 0 atom stereocenters. The van der Waals surface area contributed by atoms with Gasteiger partial charge in [0.05, 0.1) is 6.61 Å². The SMILES string of the molecule is CCCCOC(=O)C(Cl)=S=O. The van der Waals surface area contributed by atoms with E-state index < -0.39 is 5.97 Å². The number of esters is 1. The number of hydrogen-bond donors (Lipinski definition) is 0. The highest BCUT2D eigenvalue weighted by Gasteiger charge is 2.07. The van der Waals surface area contributed by atoms with Crippen LogP contribution in [-0.2, 0) is 20.8 Å². The number of unbranched alkanes of at least 4 members (excludes halogenated alkanes) is 1. The number of carbonyl (C=O) groups excluding carboxylic acids is 1. The molecule has 0 saturated heterocycles. The van der Waals surface area contributed by atoms with Crippen LogP contribution in [0, 0.1) is 0 Å². The van der Waals surface area contributed by atoms with Crippen molar-refractivity contribution in [3.63, 3.8) is 0 Å². The summed E-state index contributed by atoms with van der Waals surface area (Å²) in [6.07, 6.45) is 1.73. The molecular formula is C6H9ClO3S. The van der Waals surface area contributed by atoms with Gasteiger partial charge in [-0.3, -0.25) is 0 Å². The van der Waals surface area contributed by atoms with E-state index >= 15 is 0 Å². The summed E-state index contributed by atoms with van der Waals surface area (Å²) in [6.45, 7) is 2.30. The molecule has 0 spiro atoms. The van der Waals surface area contributed by atoms with Crippen molar-refractivity contribution in [3.05, 3.63) is 0 Å². The van der Waals surface area contributed by atoms with Gasteiger partial charge in [0.25, 0.3) is 0 Å². The van der Waals surface area contributed by atoms with Gasteiger partial charge >= 0.3 is 5.97 Å². The summed E-state index contributed by atoms with van der Waals surface area (Å²) in [5.74, 6) is -0.722. The average Bonchev–Trinajstić information content (AvgIpc) is 2.03. The fourth-order valence-corrected chi connectivity index (χ4v) is 0.581. The van der Waals surface area contributed by atoms with E-state index in [9.17, 15) is 9.00 Å². The van der Waals surface area contributed by atoms with Gasteiger partial charge in [0.15, 0.2) is 0 Å². The van der Waals surface area contributed by atoms with Gasteiger partial charge in [-0.05, 0) is 6.42 Å². The number of ether oxygens (including phenoxy) is 1. The summed E-state index contributed by atoms with van der Waals surface area (Å²) in [5.41, 5.74) is 0. The van der Waals surface area contributed by atoms with Crippen LogP contribution in [0.3, 0.4) is 0 Å². The summed E-state index contributed by atoms with van der Waals surface area (Å²) in [7, 11) is 0. The van der Waals surface area contributed by atoms with Crippen LogP contribution in [-0.4, -0.2) is 21.1 Å². The Bertz CT molecular complexity index is 186. The zero-order valence-electron chi connectivity index (χ0n) is 6.13. The molecule has 0 radical (unpaired) electrons. The molecule has 0 unspecified atom stereocenters. The predicted octanol–water partition coefficient (Wildman–Crippen LogP) is 0.911. The molecular weight excluding hydrogens is 188 g/mol. The Labute approximate surface area is 73.8 Å². The Morgan fingerprint density at radius 3 is 2.73 bits per heavy atom. The molecule has 0 fully saturated rings. The summed E-state index contributed by atoms with van der Waals surface area (Å²) in [6, 6.07) is 0. The molecule has 0 aromatic heterocycles. The minimum Gasteiger partial charge on any atom is -0.461 e. The topological polar surface area (TPSA) is 43.4 Å². The molecule has 3 nitrogen and oxygen atoms in total. The first-order chi connectivity index (χ1) is 5.22. The third-order valence-corrected chi connectivity index (χ3v) is 1.62. The van der Waals surface area contributed by atoms with Gasteiger partial charge in [0.2, 0.25) is 4.32 Å². The van der Waals surface area contributed by atoms with Gasteiger partial charge in [-0.1, -0.05) is 24.9 Å². The van der Waals surface area contributed by atoms with Crippen LogP contribution in [0.15, 0.2) is 0 Å². The highest BCUT2D eigenvalue weighted by atomic mass is 35.5. The highest BCUT2D eigenvalue weighted by molar-refractivity contribution is 7.72. The molecule has 0 heterocycles. The molecule has 0 N–H and O–H groups in total. The maximum Gasteiger partial charge on any atom is 0.363 e. The molecule has 0 amide bonds. The highest BCUT2D eigenvalue weighted by Crippen LogP contribution is 1.91. The fourth-order valence-electron chi connectivity index (χ4n) is 0.400. The summed E-state index contributed by atoms with van der Waals surface area (Å²) in [5, 5.41) is 0. The van der Waals surface area contributed by atoms with Gasteiger partial charge in [-0.2, -0.15) is 0 Å². The summed E-state index contributed by atoms with van der Waals surface area (Å²) < 4.78 is 14.2. The minimum absolute atomic E-state index is 0.0515. The molecule has 0 aliphatic rings. The molecule has 0 aliphatic heterocycles. The zero-order chi connectivity index (χ0) is 8.69. The third-order valence-electron chi connectivity index (χ3n) is 0.965. The predicted molar refractivity (Wildman–Crippen MR) is 44.9 cm³/mol. The first-order valence-corrected chi connectivity index (χ1v) is 4.33. The second-order valence-corrected chi connectivity index (χ2v) is 3.02. The van der Waals surface area contributed by atoms with E-state index in [1.807, 2.05) is 6.92 Å². The van der Waals surface area contributed by atoms with Crippen molar-refractivity contribution >= 4 is 33.1 Å². The minimum atomic E-state index is -0.722. The smallest absolute Gasteiger partial charge is 0.363 e. The maximum atomic E-state index is 10.6. The lowest BCUT2D eigenvalue weighted by atomic mass is 10.4. The van der Waals surface area contributed by atoms with Crippen molar-refractivity contribution < 1.29 is 13.7 Å². The van der Waals surface area contributed by atoms with Crippen LogP contribution < -0.4 is 0 Å². The number of carbonyl (C=O) groups is 1. The molecule has 64 valence electrons. The van der Waals surface area contributed by atoms with Crippen LogP contribution in [0.1, 0.15) is 19.8 Å². The van der Waals surface area contributed by atoms with Gasteiger partial charge < -0.3 is 4.74 Å². The molecule has 5 heteroatoms. The van der Waals surface area contributed by atoms with Crippen molar-refractivity contribution in [3.8, 4) is 0 Å². The van der Waals surface area contributed by atoms with E-state index in [4.69, 9.17) is 11.6 Å². The Balaban J connectivity index is 3.62. The second-order valence-electron chi connectivity index (χ2n) is 1.85. The van der Waals surface area contributed by atoms with E-state index in [2.05, 4.69) is 4.74 Å². The Hall–Kier alpha value is -0.350. The lowest BCUT2D eigenvalue weighted by Crippen LogP contribution is -2.12. The number of hydrogen-bond acceptors (Lipinski definition) is 3. The molecule has 0 aromatic rings. The molecule has 0 aliphatic carbocycles. The molecule has 0 aromatic carbocycles. The maximum absolute atomic E-state index is 10.6. The van der Waals surface area contributed by atoms with Crippen molar-refractivity contribution in [2.45, 2.75) is 19.8 Å². The number of halogens is 1. The largest absolute Gasteiger partial charge is 0.461 e. The van der Waals surface area contributed by atoms with E-state index in [0.717, 1.165) is 12.8 Å². The van der Waals surface area contributed by atoms with Gasteiger partial charge in [0, 0.05) is 0 Å². The van der Waals surface area contributed by atoms with E-state index in [1.54, 1.807) is 0 Å². The van der Waals surface area contributed by atoms with Gasteiger partial charge in [-0.15, -0.1) is 0 Å². The van der Waals surface area contributed by atoms with Crippen molar-refractivity contribution in [2.75, 3.05) is 6.61 Å². The Morgan fingerprint density at radius 2 is 2.27 bits per heavy atom. The van der Waals surface area contributed by atoms with E-state index in [-0.39, 0.29) is 15.6 Å². The van der Waals surface area contributed by atoms with Crippen molar-refractivity contribution in [2.24, 2.45) is 0 Å². The Kier molecular flexibility index (Phi) is 6.16. The standard InChI is InChI=1S/C6H9ClO3S/c1-2-3-4-10-6(8)5(7)11-9/h2-4H2,1H3. The number of rotatable bonds is 4.